The molecule has 0 fully saturated rings. The maximum absolute atomic E-state index is 12.8. The van der Waals surface area contributed by atoms with E-state index in [-0.39, 0.29) is 18.0 Å². The number of nitrogens with zero attached hydrogens (tertiary/aromatic N) is 4. The molecule has 7 nitrogen and oxygen atoms in total. The van der Waals surface area contributed by atoms with Gasteiger partial charge in [0.15, 0.2) is 0 Å². The molecule has 4 rings (SSSR count). The van der Waals surface area contributed by atoms with Crippen LogP contribution >= 0.6 is 0 Å². The first-order valence-corrected chi connectivity index (χ1v) is 8.86. The topological polar surface area (TPSA) is 81.3 Å². The Labute approximate surface area is 150 Å². The molecule has 1 N–H and O–H groups in total. The zero-order chi connectivity index (χ0) is 18.3. The zero-order valence-electron chi connectivity index (χ0n) is 15.0. The van der Waals surface area contributed by atoms with Gasteiger partial charge in [-0.2, -0.15) is 10.2 Å². The van der Waals surface area contributed by atoms with Crippen LogP contribution in [-0.4, -0.2) is 25.3 Å². The molecule has 3 aromatic rings. The summed E-state index contributed by atoms with van der Waals surface area (Å²) in [7, 11) is 0. The second kappa shape index (κ2) is 6.40. The highest BCUT2D eigenvalue weighted by molar-refractivity contribution is 5.91. The van der Waals surface area contributed by atoms with Crippen LogP contribution < -0.4 is 10.9 Å². The number of carbonyl (C=O) groups excluding carboxylic acids is 1. The second-order valence-electron chi connectivity index (χ2n) is 6.89. The van der Waals surface area contributed by atoms with Crippen LogP contribution in [0, 0.1) is 13.8 Å². The number of aromatic nitrogens is 4. The fraction of sp³-hybridized carbons (Fsp3) is 0.368. The summed E-state index contributed by atoms with van der Waals surface area (Å²) >= 11 is 0. The normalized spacial score (nSPS) is 13.6. The van der Waals surface area contributed by atoms with Crippen molar-refractivity contribution in [3.63, 3.8) is 0 Å². The van der Waals surface area contributed by atoms with Gasteiger partial charge in [-0.05, 0) is 56.7 Å². The number of anilines is 1. The average Bonchev–Trinajstić information content (AvgIpc) is 3.00. The molecule has 1 aliphatic carbocycles. The van der Waals surface area contributed by atoms with E-state index in [0.717, 1.165) is 53.8 Å². The molecule has 1 aliphatic rings. The number of amides is 1. The number of carbonyl (C=O) groups is 1. The summed E-state index contributed by atoms with van der Waals surface area (Å²) < 4.78 is 2.77. The van der Waals surface area contributed by atoms with Gasteiger partial charge in [0.2, 0.25) is 5.91 Å². The molecule has 7 heteroatoms. The molecule has 0 bridgehead atoms. The van der Waals surface area contributed by atoms with E-state index < -0.39 is 0 Å². The van der Waals surface area contributed by atoms with E-state index in [1.54, 1.807) is 4.52 Å². The van der Waals surface area contributed by atoms with Crippen LogP contribution in [0.25, 0.3) is 5.52 Å². The van der Waals surface area contributed by atoms with Crippen LogP contribution in [0.15, 0.2) is 29.3 Å². The smallest absolute Gasteiger partial charge is 0.293 e. The third-order valence-corrected chi connectivity index (χ3v) is 4.88. The molecule has 0 radical (unpaired) electrons. The minimum absolute atomic E-state index is 0.122. The lowest BCUT2D eigenvalue weighted by molar-refractivity contribution is -0.117. The Kier molecular flexibility index (Phi) is 4.06. The van der Waals surface area contributed by atoms with Gasteiger partial charge >= 0.3 is 0 Å². The minimum Gasteiger partial charge on any atom is -0.324 e. The summed E-state index contributed by atoms with van der Waals surface area (Å²) in [4.78, 5) is 25.3. The van der Waals surface area contributed by atoms with Crippen molar-refractivity contribution in [2.75, 3.05) is 5.32 Å². The van der Waals surface area contributed by atoms with Crippen molar-refractivity contribution in [2.24, 2.45) is 0 Å². The molecule has 2 heterocycles. The predicted octanol–water partition coefficient (Wildman–Crippen LogP) is 2.03. The molecule has 0 aliphatic heterocycles. The number of benzene rings is 1. The van der Waals surface area contributed by atoms with Crippen LogP contribution in [0.2, 0.25) is 0 Å². The van der Waals surface area contributed by atoms with Gasteiger partial charge in [0.1, 0.15) is 18.4 Å². The predicted molar refractivity (Wildman–Crippen MR) is 98.4 cm³/mol. The highest BCUT2D eigenvalue weighted by atomic mass is 16.2. The Morgan fingerprint density at radius 3 is 2.88 bits per heavy atom. The maximum Gasteiger partial charge on any atom is 0.293 e. The second-order valence-corrected chi connectivity index (χ2v) is 6.89. The molecule has 0 spiro atoms. The van der Waals surface area contributed by atoms with E-state index in [9.17, 15) is 9.59 Å². The zero-order valence-corrected chi connectivity index (χ0v) is 15.0. The summed E-state index contributed by atoms with van der Waals surface area (Å²) in [6, 6.07) is 5.87. The molecule has 0 saturated carbocycles. The summed E-state index contributed by atoms with van der Waals surface area (Å²) in [6.45, 7) is 3.78. The summed E-state index contributed by atoms with van der Waals surface area (Å²) in [5, 5.41) is 11.4. The van der Waals surface area contributed by atoms with Gasteiger partial charge in [-0.25, -0.2) is 9.20 Å². The van der Waals surface area contributed by atoms with Crippen molar-refractivity contribution in [3.8, 4) is 0 Å². The number of aryl methyl sites for hydroxylation is 4. The molecule has 134 valence electrons. The fourth-order valence-electron chi connectivity index (χ4n) is 3.48. The number of nitrogens with one attached hydrogen (secondary N) is 1. The lowest BCUT2D eigenvalue weighted by Crippen LogP contribution is -2.31. The first-order chi connectivity index (χ1) is 12.5. The van der Waals surface area contributed by atoms with E-state index in [1.165, 1.54) is 11.0 Å². The number of hydrogen-bond donors (Lipinski definition) is 1. The van der Waals surface area contributed by atoms with E-state index in [2.05, 4.69) is 15.5 Å². The van der Waals surface area contributed by atoms with Crippen molar-refractivity contribution in [1.29, 1.82) is 0 Å². The van der Waals surface area contributed by atoms with Gasteiger partial charge < -0.3 is 5.32 Å². The Morgan fingerprint density at radius 1 is 1.23 bits per heavy atom. The van der Waals surface area contributed by atoms with Crippen molar-refractivity contribution in [3.05, 3.63) is 57.3 Å². The number of fused-ring (bicyclic) bond motifs is 3. The van der Waals surface area contributed by atoms with Gasteiger partial charge in [0.25, 0.3) is 5.56 Å². The standard InChI is InChI=1S/C19H21N5O2/c1-12-7-8-13(2)16(9-12)21-17(25)10-23-19(26)18-14-5-3-4-6-15(14)22-24(18)11-20-23/h7-9,11H,3-6,10H2,1-2H3,(H,21,25). The third kappa shape index (κ3) is 2.89. The van der Waals surface area contributed by atoms with Gasteiger partial charge in [0, 0.05) is 11.3 Å². The maximum atomic E-state index is 12.8. The van der Waals surface area contributed by atoms with Crippen LogP contribution in [0.4, 0.5) is 5.69 Å². The van der Waals surface area contributed by atoms with Crippen LogP contribution in [0.1, 0.15) is 35.2 Å². The quantitative estimate of drug-likeness (QED) is 0.783. The Hall–Kier alpha value is -2.96. The third-order valence-electron chi connectivity index (χ3n) is 4.88. The summed E-state index contributed by atoms with van der Waals surface area (Å²) in [5.41, 5.74) is 5.07. The van der Waals surface area contributed by atoms with E-state index in [0.29, 0.717) is 5.52 Å². The van der Waals surface area contributed by atoms with E-state index >= 15 is 0 Å². The summed E-state index contributed by atoms with van der Waals surface area (Å²) in [6.07, 6.45) is 5.41. The molecular formula is C19H21N5O2. The minimum atomic E-state index is -0.272. The molecule has 0 saturated heterocycles. The molecule has 26 heavy (non-hydrogen) atoms. The van der Waals surface area contributed by atoms with Gasteiger partial charge in [0.05, 0.1) is 5.69 Å². The number of rotatable bonds is 3. The Balaban J connectivity index is 1.63. The molecule has 1 amide bonds. The molecule has 0 atom stereocenters. The van der Waals surface area contributed by atoms with Crippen LogP contribution in [0.3, 0.4) is 0 Å². The SMILES string of the molecule is Cc1ccc(C)c(NC(=O)Cn2ncn3nc4c(c3c2=O)CCCC4)c1. The monoisotopic (exact) mass is 351 g/mol. The molecule has 2 aromatic heterocycles. The van der Waals surface area contributed by atoms with Crippen molar-refractivity contribution in [2.45, 2.75) is 46.1 Å². The van der Waals surface area contributed by atoms with E-state index in [4.69, 9.17) is 0 Å². The highest BCUT2D eigenvalue weighted by Crippen LogP contribution is 2.22. The molecule has 0 unspecified atom stereocenters. The van der Waals surface area contributed by atoms with Crippen molar-refractivity contribution >= 4 is 17.1 Å². The largest absolute Gasteiger partial charge is 0.324 e. The Morgan fingerprint density at radius 2 is 2.04 bits per heavy atom. The molecular weight excluding hydrogens is 330 g/mol. The van der Waals surface area contributed by atoms with Crippen molar-refractivity contribution in [1.82, 2.24) is 19.4 Å². The summed E-state index contributed by atoms with van der Waals surface area (Å²) in [5.74, 6) is -0.272. The van der Waals surface area contributed by atoms with E-state index in [1.807, 2.05) is 32.0 Å². The lowest BCUT2D eigenvalue weighted by atomic mass is 9.97. The average molecular weight is 351 g/mol. The Bertz CT molecular complexity index is 1060. The van der Waals surface area contributed by atoms with Crippen molar-refractivity contribution < 1.29 is 4.79 Å². The van der Waals surface area contributed by atoms with Crippen LogP contribution in [0.5, 0.6) is 0 Å². The fourth-order valence-corrected chi connectivity index (χ4v) is 3.48. The van der Waals surface area contributed by atoms with Gasteiger partial charge in [-0.15, -0.1) is 0 Å². The van der Waals surface area contributed by atoms with Gasteiger partial charge in [-0.3, -0.25) is 9.59 Å². The molecule has 1 aromatic carbocycles. The first kappa shape index (κ1) is 16.5. The number of hydrogen-bond acceptors (Lipinski definition) is 4. The lowest BCUT2D eigenvalue weighted by Gasteiger charge is -2.11. The van der Waals surface area contributed by atoms with Crippen LogP contribution in [-0.2, 0) is 24.2 Å². The highest BCUT2D eigenvalue weighted by Gasteiger charge is 2.20. The first-order valence-electron chi connectivity index (χ1n) is 8.86. The van der Waals surface area contributed by atoms with Gasteiger partial charge in [-0.1, -0.05) is 12.1 Å².